The van der Waals surface area contributed by atoms with Crippen LogP contribution in [-0.2, 0) is 14.3 Å². The van der Waals surface area contributed by atoms with Crippen LogP contribution in [0.3, 0.4) is 0 Å². The molecule has 0 radical (unpaired) electrons. The molecule has 3 heteroatoms. The molecule has 1 fully saturated rings. The van der Waals surface area contributed by atoms with Crippen LogP contribution in [0.4, 0.5) is 0 Å². The highest BCUT2D eigenvalue weighted by Gasteiger charge is 2.53. The molecule has 1 aliphatic heterocycles. The van der Waals surface area contributed by atoms with Gasteiger partial charge in [-0.1, -0.05) is 23.3 Å². The molecule has 1 saturated heterocycles. The molecular weight excluding hydrogens is 312 g/mol. The zero-order chi connectivity index (χ0) is 18.7. The largest absolute Gasteiger partial charge is 0.460 e. The molecule has 1 aliphatic carbocycles. The van der Waals surface area contributed by atoms with Crippen molar-refractivity contribution in [2.24, 2.45) is 5.92 Å². The Labute approximate surface area is 153 Å². The van der Waals surface area contributed by atoms with Gasteiger partial charge in [0.15, 0.2) is 0 Å². The molecule has 2 aliphatic rings. The van der Waals surface area contributed by atoms with Crippen LogP contribution in [-0.4, -0.2) is 23.3 Å². The third kappa shape index (κ3) is 5.99. The van der Waals surface area contributed by atoms with Gasteiger partial charge in [0.2, 0.25) is 0 Å². The second-order valence-corrected chi connectivity index (χ2v) is 8.77. The number of allylic oxidation sites excluding steroid dienone is 4. The highest BCUT2D eigenvalue weighted by Crippen LogP contribution is 2.46. The number of ether oxygens (including phenoxy) is 2. The Hall–Kier alpha value is -1.09. The van der Waals surface area contributed by atoms with Gasteiger partial charge >= 0.3 is 5.97 Å². The average molecular weight is 349 g/mol. The van der Waals surface area contributed by atoms with E-state index in [0.717, 1.165) is 44.9 Å². The normalized spacial score (nSPS) is 31.9. The van der Waals surface area contributed by atoms with Gasteiger partial charge in [0.25, 0.3) is 0 Å². The third-order valence-corrected chi connectivity index (χ3v) is 5.98. The SMILES string of the molecule is CC(=O)OC(C)(C)C1CCC(C)=CCCC(C)=CCCC2(C)OC2C1. The first-order valence-corrected chi connectivity index (χ1v) is 9.81. The molecule has 142 valence electrons. The van der Waals surface area contributed by atoms with E-state index in [1.54, 1.807) is 0 Å². The van der Waals surface area contributed by atoms with Crippen LogP contribution in [0.2, 0.25) is 0 Å². The summed E-state index contributed by atoms with van der Waals surface area (Å²) in [7, 11) is 0. The summed E-state index contributed by atoms with van der Waals surface area (Å²) in [5.41, 5.74) is 2.46. The van der Waals surface area contributed by atoms with Crippen LogP contribution in [0, 0.1) is 5.92 Å². The summed E-state index contributed by atoms with van der Waals surface area (Å²) in [6.07, 6.45) is 12.5. The van der Waals surface area contributed by atoms with Crippen molar-refractivity contribution in [3.8, 4) is 0 Å². The van der Waals surface area contributed by atoms with E-state index in [-0.39, 0.29) is 17.7 Å². The minimum Gasteiger partial charge on any atom is -0.460 e. The van der Waals surface area contributed by atoms with Gasteiger partial charge < -0.3 is 9.47 Å². The fourth-order valence-corrected chi connectivity index (χ4v) is 4.03. The summed E-state index contributed by atoms with van der Waals surface area (Å²) in [6.45, 7) is 12.3. The molecule has 3 atom stereocenters. The van der Waals surface area contributed by atoms with E-state index in [1.807, 2.05) is 13.8 Å². The lowest BCUT2D eigenvalue weighted by molar-refractivity contribution is -0.159. The monoisotopic (exact) mass is 348 g/mol. The first-order valence-electron chi connectivity index (χ1n) is 9.81. The molecule has 0 aromatic heterocycles. The number of hydrogen-bond donors (Lipinski definition) is 0. The minimum absolute atomic E-state index is 0.00364. The first kappa shape index (κ1) is 20.2. The minimum atomic E-state index is -0.452. The lowest BCUT2D eigenvalue weighted by atomic mass is 9.80. The molecule has 0 bridgehead atoms. The van der Waals surface area contributed by atoms with Gasteiger partial charge in [-0.05, 0) is 79.6 Å². The molecule has 3 unspecified atom stereocenters. The van der Waals surface area contributed by atoms with Crippen LogP contribution in [0.1, 0.15) is 86.5 Å². The Bertz CT molecular complexity index is 543. The third-order valence-electron chi connectivity index (χ3n) is 5.98. The van der Waals surface area contributed by atoms with Gasteiger partial charge in [-0.25, -0.2) is 0 Å². The van der Waals surface area contributed by atoms with Gasteiger partial charge in [0.1, 0.15) is 5.60 Å². The number of rotatable bonds is 2. The molecule has 3 nitrogen and oxygen atoms in total. The molecule has 1 heterocycles. The summed E-state index contributed by atoms with van der Waals surface area (Å²) in [4.78, 5) is 11.5. The van der Waals surface area contributed by atoms with Gasteiger partial charge in [0, 0.05) is 12.8 Å². The van der Waals surface area contributed by atoms with E-state index in [1.165, 1.54) is 18.1 Å². The second kappa shape index (κ2) is 8.07. The van der Waals surface area contributed by atoms with E-state index in [9.17, 15) is 4.79 Å². The molecule has 0 amide bonds. The standard InChI is InChI=1S/C22H36O3/c1-16-9-7-10-17(2)12-13-19(21(4,5)24-18(3)23)15-20-22(6,25-20)14-8-11-16/h10-11,19-20H,7-9,12-15H2,1-6H3. The molecule has 25 heavy (non-hydrogen) atoms. The highest BCUT2D eigenvalue weighted by atomic mass is 16.6. The Morgan fingerprint density at radius 3 is 2.52 bits per heavy atom. The molecule has 0 aromatic carbocycles. The van der Waals surface area contributed by atoms with Gasteiger partial charge in [-0.2, -0.15) is 0 Å². The fraction of sp³-hybridized carbons (Fsp3) is 0.773. The quantitative estimate of drug-likeness (QED) is 0.363. The number of esters is 1. The molecular formula is C22H36O3. The van der Waals surface area contributed by atoms with E-state index in [2.05, 4.69) is 32.9 Å². The van der Waals surface area contributed by atoms with Crippen molar-refractivity contribution in [1.29, 1.82) is 0 Å². The van der Waals surface area contributed by atoms with Crippen LogP contribution in [0.5, 0.6) is 0 Å². The van der Waals surface area contributed by atoms with Gasteiger partial charge in [-0.15, -0.1) is 0 Å². The lowest BCUT2D eigenvalue weighted by Crippen LogP contribution is -2.37. The smallest absolute Gasteiger partial charge is 0.303 e. The Morgan fingerprint density at radius 2 is 1.84 bits per heavy atom. The predicted molar refractivity (Wildman–Crippen MR) is 102 cm³/mol. The van der Waals surface area contributed by atoms with Crippen molar-refractivity contribution in [2.45, 2.75) is 104 Å². The van der Waals surface area contributed by atoms with Crippen LogP contribution < -0.4 is 0 Å². The maximum absolute atomic E-state index is 11.5. The van der Waals surface area contributed by atoms with Crippen molar-refractivity contribution in [1.82, 2.24) is 0 Å². The van der Waals surface area contributed by atoms with E-state index >= 15 is 0 Å². The zero-order valence-electron chi connectivity index (χ0n) is 17.0. The maximum Gasteiger partial charge on any atom is 0.303 e. The number of carbonyl (C=O) groups excluding carboxylic acids is 1. The number of epoxide rings is 1. The zero-order valence-corrected chi connectivity index (χ0v) is 17.0. The average Bonchev–Trinajstić information content (AvgIpc) is 3.11. The molecule has 0 aromatic rings. The van der Waals surface area contributed by atoms with Crippen LogP contribution in [0.15, 0.2) is 23.3 Å². The van der Waals surface area contributed by atoms with Gasteiger partial charge in [0.05, 0.1) is 11.7 Å². The summed E-state index contributed by atoms with van der Waals surface area (Å²) in [5.74, 6) is 0.114. The topological polar surface area (TPSA) is 38.8 Å². The number of hydrogen-bond acceptors (Lipinski definition) is 3. The molecule has 2 rings (SSSR count). The number of carbonyl (C=O) groups is 1. The second-order valence-electron chi connectivity index (χ2n) is 8.77. The van der Waals surface area contributed by atoms with Crippen molar-refractivity contribution in [3.05, 3.63) is 23.3 Å². The predicted octanol–water partition coefficient (Wildman–Crippen LogP) is 5.74. The highest BCUT2D eigenvalue weighted by molar-refractivity contribution is 5.66. The van der Waals surface area contributed by atoms with Crippen molar-refractivity contribution >= 4 is 5.97 Å². The summed E-state index contributed by atoms with van der Waals surface area (Å²) >= 11 is 0. The van der Waals surface area contributed by atoms with Crippen LogP contribution in [0.25, 0.3) is 0 Å². The first-order chi connectivity index (χ1) is 11.6. The molecule has 0 spiro atoms. The Morgan fingerprint density at radius 1 is 1.20 bits per heavy atom. The molecule has 0 N–H and O–H groups in total. The lowest BCUT2D eigenvalue weighted by Gasteiger charge is -2.34. The number of fused-ring (bicyclic) bond motifs is 1. The van der Waals surface area contributed by atoms with Gasteiger partial charge in [-0.3, -0.25) is 4.79 Å². The van der Waals surface area contributed by atoms with Crippen molar-refractivity contribution in [3.63, 3.8) is 0 Å². The van der Waals surface area contributed by atoms with Crippen molar-refractivity contribution in [2.75, 3.05) is 0 Å². The summed E-state index contributed by atoms with van der Waals surface area (Å²) in [5, 5.41) is 0. The van der Waals surface area contributed by atoms with E-state index in [4.69, 9.17) is 9.47 Å². The summed E-state index contributed by atoms with van der Waals surface area (Å²) in [6, 6.07) is 0. The van der Waals surface area contributed by atoms with E-state index in [0.29, 0.717) is 5.92 Å². The van der Waals surface area contributed by atoms with Crippen molar-refractivity contribution < 1.29 is 14.3 Å². The maximum atomic E-state index is 11.5. The molecule has 0 saturated carbocycles. The fourth-order valence-electron chi connectivity index (χ4n) is 4.03. The van der Waals surface area contributed by atoms with Crippen LogP contribution >= 0.6 is 0 Å². The summed E-state index contributed by atoms with van der Waals surface area (Å²) < 4.78 is 11.8. The Balaban J connectivity index is 2.13. The van der Waals surface area contributed by atoms with E-state index < -0.39 is 5.60 Å². The Kier molecular flexibility index (Phi) is 6.53.